The first-order chi connectivity index (χ1) is 14.2. The molecule has 1 aromatic carbocycles. The molecule has 0 aliphatic heterocycles. The van der Waals surface area contributed by atoms with Crippen LogP contribution in [0.15, 0.2) is 29.3 Å². The molecule has 3 aromatic rings. The van der Waals surface area contributed by atoms with E-state index in [1.165, 1.54) is 18.7 Å². The van der Waals surface area contributed by atoms with E-state index < -0.39 is 43.8 Å². The first-order valence-electron chi connectivity index (χ1n) is 8.50. The molecule has 2 N–H and O–H groups in total. The number of carboxylic acids is 1. The van der Waals surface area contributed by atoms with Gasteiger partial charge in [-0.05, 0) is 25.1 Å². The summed E-state index contributed by atoms with van der Waals surface area (Å²) in [6.45, 7) is 1.45. The lowest BCUT2D eigenvalue weighted by Crippen LogP contribution is -2.14. The largest absolute Gasteiger partial charge is 0.478 e. The molecule has 0 aliphatic rings. The van der Waals surface area contributed by atoms with Gasteiger partial charge in [-0.2, -0.15) is 23.4 Å². The number of nitrogens with zero attached hydrogens (tertiary/aromatic N) is 3. The van der Waals surface area contributed by atoms with Crippen LogP contribution in [0.1, 0.15) is 37.5 Å². The lowest BCUT2D eigenvalue weighted by Gasteiger charge is -2.12. The molecule has 9 nitrogen and oxygen atoms in total. The fourth-order valence-corrected chi connectivity index (χ4v) is 4.08. The van der Waals surface area contributed by atoms with Crippen molar-refractivity contribution >= 4 is 21.6 Å². The summed E-state index contributed by atoms with van der Waals surface area (Å²) in [7, 11) is -2.78. The summed E-state index contributed by atoms with van der Waals surface area (Å²) in [5, 5.41) is 19.7. The van der Waals surface area contributed by atoms with E-state index in [0.717, 1.165) is 12.3 Å². The van der Waals surface area contributed by atoms with Gasteiger partial charge in [0.25, 0.3) is 0 Å². The van der Waals surface area contributed by atoms with Gasteiger partial charge in [-0.15, -0.1) is 0 Å². The van der Waals surface area contributed by atoms with Gasteiger partial charge >= 0.3 is 12.1 Å². The van der Waals surface area contributed by atoms with E-state index in [2.05, 4.69) is 15.3 Å². The molecule has 3 rings (SSSR count). The van der Waals surface area contributed by atoms with Crippen LogP contribution >= 0.6 is 0 Å². The fraction of sp³-hybridized carbons (Fsp3) is 0.222. The predicted molar refractivity (Wildman–Crippen MR) is 100 cm³/mol. The Bertz CT molecular complexity index is 1320. The van der Waals surface area contributed by atoms with Gasteiger partial charge in [0.15, 0.2) is 15.6 Å². The minimum absolute atomic E-state index is 0.00123. The van der Waals surface area contributed by atoms with Gasteiger partial charge in [0.1, 0.15) is 11.3 Å². The van der Waals surface area contributed by atoms with Crippen molar-refractivity contribution in [3.63, 3.8) is 0 Å². The Balaban J connectivity index is 2.23. The first kappa shape index (κ1) is 22.2. The van der Waals surface area contributed by atoms with Gasteiger partial charge in [0.05, 0.1) is 33.6 Å². The molecule has 0 fully saturated rings. The summed E-state index contributed by atoms with van der Waals surface area (Å²) >= 11 is 0. The molecule has 0 amide bonds. The molecule has 0 aliphatic carbocycles. The molecule has 0 spiro atoms. The summed E-state index contributed by atoms with van der Waals surface area (Å²) < 4.78 is 64.6. The topological polar surface area (TPSA) is 135 Å². The maximum atomic E-state index is 13.1. The molecule has 2 aromatic heterocycles. The van der Waals surface area contributed by atoms with Crippen molar-refractivity contribution in [1.29, 1.82) is 0 Å². The molecule has 0 unspecified atom stereocenters. The van der Waals surface area contributed by atoms with Gasteiger partial charge in [-0.1, -0.05) is 0 Å². The lowest BCUT2D eigenvalue weighted by molar-refractivity contribution is -0.137. The Labute approximate surface area is 173 Å². The van der Waals surface area contributed by atoms with E-state index in [4.69, 9.17) is 0 Å². The normalized spacial score (nSPS) is 12.2. The maximum absolute atomic E-state index is 13.1. The van der Waals surface area contributed by atoms with Crippen molar-refractivity contribution in [2.45, 2.75) is 18.0 Å². The first-order valence-corrected chi connectivity index (χ1v) is 10.4. The van der Waals surface area contributed by atoms with Crippen molar-refractivity contribution in [3.8, 4) is 11.4 Å². The maximum Gasteiger partial charge on any atom is 0.416 e. The van der Waals surface area contributed by atoms with Crippen LogP contribution in [0.2, 0.25) is 0 Å². The Morgan fingerprint density at radius 2 is 1.84 bits per heavy atom. The van der Waals surface area contributed by atoms with Crippen molar-refractivity contribution < 1.29 is 36.3 Å². The number of nitrogens with one attached hydrogen (secondary N) is 1. The van der Waals surface area contributed by atoms with Gasteiger partial charge in [0, 0.05) is 18.9 Å². The average Bonchev–Trinajstić information content (AvgIpc) is 3.22. The van der Waals surface area contributed by atoms with E-state index in [1.54, 1.807) is 0 Å². The minimum Gasteiger partial charge on any atom is -0.478 e. The molecule has 31 heavy (non-hydrogen) atoms. The molecule has 2 heterocycles. The van der Waals surface area contributed by atoms with Crippen LogP contribution in [0, 0.1) is 6.92 Å². The SMILES string of the molecule is Cc1nn(C)c(-c2[nH]ncc2C(=O)c2ccc(C(F)(F)F)cc2S(C)(=O)=O)c1C(=O)O. The van der Waals surface area contributed by atoms with E-state index >= 15 is 0 Å². The smallest absolute Gasteiger partial charge is 0.416 e. The zero-order chi connectivity index (χ0) is 23.3. The Kier molecular flexibility index (Phi) is 5.26. The predicted octanol–water partition coefficient (Wildman–Crippen LogP) is 2.47. The van der Waals surface area contributed by atoms with Crippen molar-refractivity contribution in [3.05, 3.63) is 52.3 Å². The molecule has 13 heteroatoms. The molecule has 164 valence electrons. The number of benzene rings is 1. The number of carboxylic acid groups (broad SMARTS) is 1. The van der Waals surface area contributed by atoms with Gasteiger partial charge in [-0.25, -0.2) is 13.2 Å². The highest BCUT2D eigenvalue weighted by atomic mass is 32.2. The van der Waals surface area contributed by atoms with Crippen LogP contribution in [-0.4, -0.2) is 51.5 Å². The molecule has 0 bridgehead atoms. The number of alkyl halides is 3. The quantitative estimate of drug-likeness (QED) is 0.563. The van der Waals surface area contributed by atoms with Crippen LogP contribution in [0.4, 0.5) is 13.2 Å². The number of hydrogen-bond acceptors (Lipinski definition) is 6. The van der Waals surface area contributed by atoms with E-state index in [9.17, 15) is 36.3 Å². The van der Waals surface area contributed by atoms with Gasteiger partial charge in [-0.3, -0.25) is 14.6 Å². The van der Waals surface area contributed by atoms with Crippen molar-refractivity contribution in [2.75, 3.05) is 6.26 Å². The summed E-state index contributed by atoms with van der Waals surface area (Å²) in [6, 6.07) is 1.75. The number of ketones is 1. The Hall–Kier alpha value is -3.48. The number of carbonyl (C=O) groups is 2. The molecular formula is C18H15F3N4O5S. The average molecular weight is 456 g/mol. The number of aromatic carboxylic acids is 1. The minimum atomic E-state index is -4.82. The van der Waals surface area contributed by atoms with Crippen LogP contribution < -0.4 is 0 Å². The number of aryl methyl sites for hydroxylation is 2. The fourth-order valence-electron chi connectivity index (χ4n) is 3.18. The second kappa shape index (κ2) is 7.34. The molecule has 0 saturated heterocycles. The third kappa shape index (κ3) is 3.95. The number of aromatic nitrogens is 4. The highest BCUT2D eigenvalue weighted by molar-refractivity contribution is 7.90. The molecule has 0 atom stereocenters. The van der Waals surface area contributed by atoms with Crippen LogP contribution in [0.3, 0.4) is 0 Å². The second-order valence-electron chi connectivity index (χ2n) is 6.71. The third-order valence-corrected chi connectivity index (χ3v) is 5.65. The number of sulfone groups is 1. The summed E-state index contributed by atoms with van der Waals surface area (Å²) in [5.41, 5.74) is -2.08. The second-order valence-corrected chi connectivity index (χ2v) is 8.69. The number of carbonyl (C=O) groups excluding carboxylic acids is 1. The number of H-pyrrole nitrogens is 1. The van der Waals surface area contributed by atoms with E-state index in [0.29, 0.717) is 18.4 Å². The highest BCUT2D eigenvalue weighted by Gasteiger charge is 2.34. The zero-order valence-electron chi connectivity index (χ0n) is 16.3. The summed E-state index contributed by atoms with van der Waals surface area (Å²) in [6.07, 6.45) is -3.09. The van der Waals surface area contributed by atoms with E-state index in [-0.39, 0.29) is 28.2 Å². The molecular weight excluding hydrogens is 441 g/mol. The Morgan fingerprint density at radius 1 is 1.19 bits per heavy atom. The van der Waals surface area contributed by atoms with Gasteiger partial charge in [0.2, 0.25) is 0 Å². The Morgan fingerprint density at radius 3 is 2.39 bits per heavy atom. The van der Waals surface area contributed by atoms with Crippen molar-refractivity contribution in [2.24, 2.45) is 7.05 Å². The van der Waals surface area contributed by atoms with E-state index in [1.807, 2.05) is 0 Å². The molecule has 0 saturated carbocycles. The van der Waals surface area contributed by atoms with Crippen molar-refractivity contribution in [1.82, 2.24) is 20.0 Å². The zero-order valence-corrected chi connectivity index (χ0v) is 17.1. The summed E-state index contributed by atoms with van der Waals surface area (Å²) in [4.78, 5) is 24.0. The number of halogens is 3. The highest BCUT2D eigenvalue weighted by Crippen LogP contribution is 2.34. The van der Waals surface area contributed by atoms with Crippen LogP contribution in [0.5, 0.6) is 0 Å². The summed E-state index contributed by atoms with van der Waals surface area (Å²) in [5.74, 6) is -2.27. The number of rotatable bonds is 5. The standard InChI is InChI=1S/C18H15F3N4O5S/c1-8-13(17(27)28)15(25(2)24-8)14-11(7-22-23-14)16(26)10-5-4-9(18(19,20)21)6-12(10)31(3,29)30/h4-7H,1-3H3,(H,22,23)(H,27,28). The number of hydrogen-bond donors (Lipinski definition) is 2. The monoisotopic (exact) mass is 456 g/mol. The number of aromatic amines is 1. The van der Waals surface area contributed by atoms with Gasteiger partial charge < -0.3 is 5.11 Å². The van der Waals surface area contributed by atoms with Crippen LogP contribution in [-0.2, 0) is 23.1 Å². The molecule has 0 radical (unpaired) electrons. The van der Waals surface area contributed by atoms with Crippen LogP contribution in [0.25, 0.3) is 11.4 Å². The third-order valence-electron chi connectivity index (χ3n) is 4.51. The lowest BCUT2D eigenvalue weighted by atomic mass is 9.99.